The van der Waals surface area contributed by atoms with Crippen LogP contribution in [0.25, 0.3) is 0 Å². The van der Waals surface area contributed by atoms with E-state index in [0.29, 0.717) is 25.4 Å². The lowest BCUT2D eigenvalue weighted by Gasteiger charge is -2.13. The monoisotopic (exact) mass is 286 g/mol. The first-order valence-corrected chi connectivity index (χ1v) is 7.52. The van der Waals surface area contributed by atoms with E-state index < -0.39 is 10.0 Å². The summed E-state index contributed by atoms with van der Waals surface area (Å²) in [5.41, 5.74) is 6.01. The molecule has 1 saturated heterocycles. The predicted molar refractivity (Wildman–Crippen MR) is 71.5 cm³/mol. The van der Waals surface area contributed by atoms with Gasteiger partial charge in [-0.05, 0) is 30.5 Å². The lowest BCUT2D eigenvalue weighted by atomic mass is 10.1. The second-order valence-corrected chi connectivity index (χ2v) is 6.23. The predicted octanol–water partition coefficient (Wildman–Crippen LogP) is 0.592. The molecular formula is C12H18N2O4S. The largest absolute Gasteiger partial charge is 0.495 e. The molecule has 1 fully saturated rings. The summed E-state index contributed by atoms with van der Waals surface area (Å²) in [5.74, 6) is 0.506. The molecule has 106 valence electrons. The molecular weight excluding hydrogens is 268 g/mol. The average molecular weight is 286 g/mol. The Hall–Kier alpha value is -1.31. The number of hydrogen-bond acceptors (Lipinski definition) is 5. The van der Waals surface area contributed by atoms with Crippen LogP contribution in [0.15, 0.2) is 23.1 Å². The zero-order chi connectivity index (χ0) is 13.9. The van der Waals surface area contributed by atoms with Crippen molar-refractivity contribution < 1.29 is 17.9 Å². The zero-order valence-electron chi connectivity index (χ0n) is 10.8. The molecule has 0 aliphatic carbocycles. The van der Waals surface area contributed by atoms with Gasteiger partial charge >= 0.3 is 0 Å². The summed E-state index contributed by atoms with van der Waals surface area (Å²) in [5, 5.41) is 0. The van der Waals surface area contributed by atoms with Crippen LogP contribution in [0.4, 0.5) is 5.69 Å². The van der Waals surface area contributed by atoms with Crippen LogP contribution in [-0.4, -0.2) is 35.3 Å². The van der Waals surface area contributed by atoms with E-state index >= 15 is 0 Å². The highest BCUT2D eigenvalue weighted by molar-refractivity contribution is 7.89. The van der Waals surface area contributed by atoms with Crippen molar-refractivity contribution in [1.29, 1.82) is 0 Å². The summed E-state index contributed by atoms with van der Waals surface area (Å²) >= 11 is 0. The highest BCUT2D eigenvalue weighted by Crippen LogP contribution is 2.26. The van der Waals surface area contributed by atoms with E-state index in [4.69, 9.17) is 15.2 Å². The molecule has 6 nitrogen and oxygen atoms in total. The number of methoxy groups -OCH3 is 1. The van der Waals surface area contributed by atoms with Gasteiger partial charge in [-0.1, -0.05) is 0 Å². The zero-order valence-corrected chi connectivity index (χ0v) is 11.6. The molecule has 0 bridgehead atoms. The van der Waals surface area contributed by atoms with Gasteiger partial charge in [0, 0.05) is 18.8 Å². The van der Waals surface area contributed by atoms with E-state index in [1.54, 1.807) is 12.1 Å². The van der Waals surface area contributed by atoms with Crippen molar-refractivity contribution in [2.45, 2.75) is 11.3 Å². The molecule has 0 radical (unpaired) electrons. The number of nitrogen functional groups attached to an aromatic ring is 1. The number of benzene rings is 1. The van der Waals surface area contributed by atoms with E-state index in [1.807, 2.05) is 0 Å². The SMILES string of the molecule is COc1ccc(N)cc1S(=O)(=O)NCC1CCOC1. The van der Waals surface area contributed by atoms with Crippen LogP contribution in [-0.2, 0) is 14.8 Å². The Morgan fingerprint density at radius 2 is 2.32 bits per heavy atom. The second kappa shape index (κ2) is 5.77. The van der Waals surface area contributed by atoms with Gasteiger partial charge in [0.1, 0.15) is 10.6 Å². The molecule has 1 aromatic rings. The van der Waals surface area contributed by atoms with Crippen LogP contribution in [0.5, 0.6) is 5.75 Å². The molecule has 1 unspecified atom stereocenters. The summed E-state index contributed by atoms with van der Waals surface area (Å²) in [7, 11) is -2.20. The Morgan fingerprint density at radius 3 is 2.95 bits per heavy atom. The van der Waals surface area contributed by atoms with Crippen LogP contribution in [0, 0.1) is 5.92 Å². The minimum atomic E-state index is -3.62. The van der Waals surface area contributed by atoms with Crippen molar-refractivity contribution in [2.75, 3.05) is 32.6 Å². The van der Waals surface area contributed by atoms with Gasteiger partial charge < -0.3 is 15.2 Å². The second-order valence-electron chi connectivity index (χ2n) is 4.49. The average Bonchev–Trinajstić information content (AvgIpc) is 2.89. The lowest BCUT2D eigenvalue weighted by Crippen LogP contribution is -2.30. The fourth-order valence-corrected chi connectivity index (χ4v) is 3.27. The molecule has 19 heavy (non-hydrogen) atoms. The fourth-order valence-electron chi connectivity index (χ4n) is 1.95. The molecule has 2 rings (SSSR count). The fraction of sp³-hybridized carbons (Fsp3) is 0.500. The number of nitrogens with one attached hydrogen (secondary N) is 1. The van der Waals surface area contributed by atoms with E-state index in [9.17, 15) is 8.42 Å². The molecule has 3 N–H and O–H groups in total. The van der Waals surface area contributed by atoms with Gasteiger partial charge in [-0.25, -0.2) is 13.1 Å². The van der Waals surface area contributed by atoms with Crippen LogP contribution < -0.4 is 15.2 Å². The highest BCUT2D eigenvalue weighted by Gasteiger charge is 2.23. The van der Waals surface area contributed by atoms with Crippen molar-refractivity contribution >= 4 is 15.7 Å². The van der Waals surface area contributed by atoms with E-state index in [0.717, 1.165) is 6.42 Å². The first kappa shape index (κ1) is 14.1. The van der Waals surface area contributed by atoms with Gasteiger partial charge in [-0.3, -0.25) is 0 Å². The Labute approximate surface area is 112 Å². The Bertz CT molecular complexity index is 539. The quantitative estimate of drug-likeness (QED) is 0.773. The van der Waals surface area contributed by atoms with Crippen LogP contribution in [0.2, 0.25) is 0 Å². The molecule has 0 spiro atoms. The topological polar surface area (TPSA) is 90.7 Å². The minimum absolute atomic E-state index is 0.0638. The van der Waals surface area contributed by atoms with Gasteiger partial charge in [0.2, 0.25) is 10.0 Å². The van der Waals surface area contributed by atoms with E-state index in [-0.39, 0.29) is 16.6 Å². The molecule has 0 aromatic heterocycles. The molecule has 1 aliphatic heterocycles. The normalized spacial score (nSPS) is 19.5. The van der Waals surface area contributed by atoms with E-state index in [1.165, 1.54) is 13.2 Å². The maximum atomic E-state index is 12.2. The molecule has 0 saturated carbocycles. The molecule has 0 amide bonds. The summed E-state index contributed by atoms with van der Waals surface area (Å²) in [6, 6.07) is 4.54. The first-order valence-electron chi connectivity index (χ1n) is 6.04. The Balaban J connectivity index is 2.16. The number of nitrogens with two attached hydrogens (primary N) is 1. The van der Waals surface area contributed by atoms with Gasteiger partial charge in [0.25, 0.3) is 0 Å². The van der Waals surface area contributed by atoms with Crippen molar-refractivity contribution in [3.05, 3.63) is 18.2 Å². The summed E-state index contributed by atoms with van der Waals surface area (Å²) in [4.78, 5) is 0.0638. The lowest BCUT2D eigenvalue weighted by molar-refractivity contribution is 0.186. The van der Waals surface area contributed by atoms with Gasteiger partial charge in [0.15, 0.2) is 0 Å². The van der Waals surface area contributed by atoms with Crippen molar-refractivity contribution in [2.24, 2.45) is 5.92 Å². The third-order valence-corrected chi connectivity index (χ3v) is 4.51. The van der Waals surface area contributed by atoms with Gasteiger partial charge in [0.05, 0.1) is 13.7 Å². The third kappa shape index (κ3) is 3.37. The van der Waals surface area contributed by atoms with Crippen LogP contribution in [0.3, 0.4) is 0 Å². The van der Waals surface area contributed by atoms with Gasteiger partial charge in [-0.15, -0.1) is 0 Å². The number of rotatable bonds is 5. The summed E-state index contributed by atoms with van der Waals surface area (Å²) in [6.45, 7) is 1.64. The number of anilines is 1. The molecule has 7 heteroatoms. The number of sulfonamides is 1. The van der Waals surface area contributed by atoms with Crippen molar-refractivity contribution in [3.8, 4) is 5.75 Å². The van der Waals surface area contributed by atoms with Crippen molar-refractivity contribution in [1.82, 2.24) is 4.72 Å². The number of ether oxygens (including phenoxy) is 2. The molecule has 1 aromatic carbocycles. The van der Waals surface area contributed by atoms with E-state index in [2.05, 4.69) is 4.72 Å². The smallest absolute Gasteiger partial charge is 0.244 e. The maximum Gasteiger partial charge on any atom is 0.244 e. The standard InChI is InChI=1S/C12H18N2O4S/c1-17-11-3-2-10(13)6-12(11)19(15,16)14-7-9-4-5-18-8-9/h2-3,6,9,14H,4-5,7-8,13H2,1H3. The molecule has 1 heterocycles. The molecule has 1 atom stereocenters. The minimum Gasteiger partial charge on any atom is -0.495 e. The third-order valence-electron chi connectivity index (χ3n) is 3.06. The highest BCUT2D eigenvalue weighted by atomic mass is 32.2. The summed E-state index contributed by atoms with van der Waals surface area (Å²) < 4.78 is 37.3. The van der Waals surface area contributed by atoms with Crippen LogP contribution in [0.1, 0.15) is 6.42 Å². The summed E-state index contributed by atoms with van der Waals surface area (Å²) in [6.07, 6.45) is 0.872. The Morgan fingerprint density at radius 1 is 1.53 bits per heavy atom. The number of hydrogen-bond donors (Lipinski definition) is 2. The van der Waals surface area contributed by atoms with Crippen LogP contribution >= 0.6 is 0 Å². The maximum absolute atomic E-state index is 12.2. The Kier molecular flexibility index (Phi) is 4.28. The first-order chi connectivity index (χ1) is 9.03. The molecule has 1 aliphatic rings. The van der Waals surface area contributed by atoms with Gasteiger partial charge in [-0.2, -0.15) is 0 Å². The van der Waals surface area contributed by atoms with Crippen molar-refractivity contribution in [3.63, 3.8) is 0 Å².